The number of anilines is 1. The van der Waals surface area contributed by atoms with Crippen LogP contribution in [0.4, 0.5) is 17.2 Å². The Hall–Kier alpha value is -3.81. The number of hydrogen-bond donors (Lipinski definition) is 1. The van der Waals surface area contributed by atoms with Crippen molar-refractivity contribution in [2.24, 2.45) is 5.10 Å². The van der Waals surface area contributed by atoms with Crippen LogP contribution in [0.25, 0.3) is 0 Å². The first-order valence-corrected chi connectivity index (χ1v) is 10.1. The highest BCUT2D eigenvalue weighted by Crippen LogP contribution is 2.34. The van der Waals surface area contributed by atoms with Gasteiger partial charge in [-0.15, -0.1) is 0 Å². The maximum atomic E-state index is 11.0. The molecule has 0 aliphatic heterocycles. The second kappa shape index (κ2) is 10.5. The molecule has 12 heteroatoms. The lowest BCUT2D eigenvalue weighted by molar-refractivity contribution is -0.384. The Balaban J connectivity index is 1.72. The number of nitro groups is 2. The molecule has 32 heavy (non-hydrogen) atoms. The third-order valence-corrected chi connectivity index (χ3v) is 4.95. The SMILES string of the molecule is COc1cc(/C=N\Nc2ncccc2[N+](=O)[O-])cc(I)c1OCc1ccc([N+](=O)[O-])cc1. The topological polar surface area (TPSA) is 142 Å². The molecule has 0 bridgehead atoms. The summed E-state index contributed by atoms with van der Waals surface area (Å²) in [6, 6.07) is 12.4. The average molecular weight is 549 g/mol. The predicted molar refractivity (Wildman–Crippen MR) is 125 cm³/mol. The molecule has 1 N–H and O–H groups in total. The number of nitro benzene ring substituents is 1. The Labute approximate surface area is 195 Å². The third kappa shape index (κ3) is 5.66. The van der Waals surface area contributed by atoms with E-state index >= 15 is 0 Å². The van der Waals surface area contributed by atoms with Crippen LogP contribution in [0, 0.1) is 23.8 Å². The maximum absolute atomic E-state index is 11.0. The van der Waals surface area contributed by atoms with Gasteiger partial charge in [0.15, 0.2) is 11.5 Å². The van der Waals surface area contributed by atoms with E-state index in [0.29, 0.717) is 17.1 Å². The zero-order chi connectivity index (χ0) is 23.1. The van der Waals surface area contributed by atoms with Crippen molar-refractivity contribution in [3.05, 3.63) is 89.7 Å². The van der Waals surface area contributed by atoms with Crippen molar-refractivity contribution in [3.8, 4) is 11.5 Å². The number of non-ortho nitro benzene ring substituents is 1. The molecule has 0 unspecified atom stereocenters. The fraction of sp³-hybridized carbons (Fsp3) is 0.100. The molecule has 0 saturated carbocycles. The number of nitrogens with zero attached hydrogens (tertiary/aromatic N) is 4. The summed E-state index contributed by atoms with van der Waals surface area (Å²) in [7, 11) is 1.50. The first-order chi connectivity index (χ1) is 15.4. The molecule has 11 nitrogen and oxygen atoms in total. The molecule has 1 aromatic heterocycles. The molecule has 0 spiro atoms. The zero-order valence-corrected chi connectivity index (χ0v) is 18.8. The first-order valence-electron chi connectivity index (χ1n) is 9.01. The average Bonchev–Trinajstić information content (AvgIpc) is 2.78. The second-order valence-corrected chi connectivity index (χ2v) is 7.41. The minimum absolute atomic E-state index is 0.00851. The van der Waals surface area contributed by atoms with Crippen molar-refractivity contribution in [1.29, 1.82) is 0 Å². The second-order valence-electron chi connectivity index (χ2n) is 6.24. The highest BCUT2D eigenvalue weighted by molar-refractivity contribution is 14.1. The standard InChI is InChI=1S/C20H16IN5O6/c1-31-18-10-14(11-23-24-20-17(26(29)30)3-2-8-22-20)9-16(21)19(18)32-12-13-4-6-15(7-5-13)25(27)28/h2-11H,12H2,1H3,(H,22,24)/b23-11-. The van der Waals surface area contributed by atoms with Gasteiger partial charge in [0.05, 0.1) is 26.7 Å². The lowest BCUT2D eigenvalue weighted by Gasteiger charge is -2.13. The molecule has 3 aromatic rings. The van der Waals surface area contributed by atoms with E-state index in [9.17, 15) is 20.2 Å². The molecule has 0 atom stereocenters. The summed E-state index contributed by atoms with van der Waals surface area (Å²) in [5.74, 6) is 1.000. The van der Waals surface area contributed by atoms with Gasteiger partial charge in [-0.1, -0.05) is 0 Å². The lowest BCUT2D eigenvalue weighted by Crippen LogP contribution is -2.02. The number of halogens is 1. The van der Waals surface area contributed by atoms with Gasteiger partial charge < -0.3 is 9.47 Å². The van der Waals surface area contributed by atoms with Crippen LogP contribution in [-0.2, 0) is 6.61 Å². The normalized spacial score (nSPS) is 10.7. The Morgan fingerprint density at radius 3 is 2.56 bits per heavy atom. The number of benzene rings is 2. The predicted octanol–water partition coefficient (Wildman–Crippen LogP) is 4.54. The van der Waals surface area contributed by atoms with Crippen LogP contribution in [0.15, 0.2) is 59.8 Å². The van der Waals surface area contributed by atoms with Crippen LogP contribution >= 0.6 is 22.6 Å². The fourth-order valence-electron chi connectivity index (χ4n) is 2.62. The summed E-state index contributed by atoms with van der Waals surface area (Å²) in [6.07, 6.45) is 2.90. The van der Waals surface area contributed by atoms with E-state index in [1.807, 2.05) is 0 Å². The van der Waals surface area contributed by atoms with Gasteiger partial charge in [-0.3, -0.25) is 25.7 Å². The highest BCUT2D eigenvalue weighted by atomic mass is 127. The Bertz CT molecular complexity index is 1170. The van der Waals surface area contributed by atoms with Crippen LogP contribution in [0.1, 0.15) is 11.1 Å². The third-order valence-electron chi connectivity index (χ3n) is 4.15. The van der Waals surface area contributed by atoms with Crippen LogP contribution in [-0.4, -0.2) is 28.2 Å². The van der Waals surface area contributed by atoms with Crippen molar-refractivity contribution in [1.82, 2.24) is 4.98 Å². The summed E-state index contributed by atoms with van der Waals surface area (Å²) < 4.78 is 12.0. The van der Waals surface area contributed by atoms with E-state index in [2.05, 4.69) is 38.1 Å². The van der Waals surface area contributed by atoms with E-state index in [0.717, 1.165) is 9.13 Å². The summed E-state index contributed by atoms with van der Waals surface area (Å²) in [5, 5.41) is 25.8. The van der Waals surface area contributed by atoms with Crippen LogP contribution in [0.2, 0.25) is 0 Å². The summed E-state index contributed by atoms with van der Waals surface area (Å²) in [5.41, 5.74) is 3.82. The van der Waals surface area contributed by atoms with Gasteiger partial charge in [0.1, 0.15) is 6.61 Å². The Morgan fingerprint density at radius 2 is 1.91 bits per heavy atom. The van der Waals surface area contributed by atoms with Crippen molar-refractivity contribution in [2.45, 2.75) is 6.61 Å². The molecule has 0 aliphatic carbocycles. The molecule has 0 saturated heterocycles. The highest BCUT2D eigenvalue weighted by Gasteiger charge is 2.14. The van der Waals surface area contributed by atoms with Crippen molar-refractivity contribution < 1.29 is 19.3 Å². The quantitative estimate of drug-likeness (QED) is 0.178. The Morgan fingerprint density at radius 1 is 1.16 bits per heavy atom. The minimum atomic E-state index is -0.548. The van der Waals surface area contributed by atoms with E-state index in [4.69, 9.17) is 9.47 Å². The molecule has 0 aliphatic rings. The number of hydrogen-bond acceptors (Lipinski definition) is 9. The molecule has 0 amide bonds. The number of hydrazone groups is 1. The van der Waals surface area contributed by atoms with Gasteiger partial charge in [-0.25, -0.2) is 4.98 Å². The van der Waals surface area contributed by atoms with Gasteiger partial charge >= 0.3 is 5.69 Å². The largest absolute Gasteiger partial charge is 0.493 e. The number of ether oxygens (including phenoxy) is 2. The first kappa shape index (κ1) is 22.9. The summed E-state index contributed by atoms with van der Waals surface area (Å²) >= 11 is 2.09. The summed E-state index contributed by atoms with van der Waals surface area (Å²) in [6.45, 7) is 0.197. The molecule has 0 radical (unpaired) electrons. The van der Waals surface area contributed by atoms with Crippen LogP contribution in [0.3, 0.4) is 0 Å². The van der Waals surface area contributed by atoms with Crippen LogP contribution in [0.5, 0.6) is 11.5 Å². The monoisotopic (exact) mass is 549 g/mol. The van der Waals surface area contributed by atoms with Gasteiger partial charge in [0.2, 0.25) is 5.82 Å². The van der Waals surface area contributed by atoms with E-state index < -0.39 is 9.85 Å². The Kier molecular flexibility index (Phi) is 7.49. The number of pyridine rings is 1. The number of aromatic nitrogens is 1. The smallest absolute Gasteiger partial charge is 0.313 e. The number of rotatable bonds is 9. The molecular weight excluding hydrogens is 533 g/mol. The summed E-state index contributed by atoms with van der Waals surface area (Å²) in [4.78, 5) is 24.7. The molecule has 1 heterocycles. The van der Waals surface area contributed by atoms with E-state index in [1.165, 1.54) is 43.8 Å². The molecular formula is C20H16IN5O6. The van der Waals surface area contributed by atoms with Gasteiger partial charge in [0, 0.05) is 24.4 Å². The molecule has 2 aromatic carbocycles. The van der Waals surface area contributed by atoms with Gasteiger partial charge in [0.25, 0.3) is 5.69 Å². The zero-order valence-electron chi connectivity index (χ0n) is 16.6. The van der Waals surface area contributed by atoms with Crippen LogP contribution < -0.4 is 14.9 Å². The van der Waals surface area contributed by atoms with E-state index in [-0.39, 0.29) is 23.8 Å². The number of methoxy groups -OCH3 is 1. The lowest BCUT2D eigenvalue weighted by atomic mass is 10.2. The maximum Gasteiger partial charge on any atom is 0.313 e. The fourth-order valence-corrected chi connectivity index (χ4v) is 3.40. The van der Waals surface area contributed by atoms with Crippen molar-refractivity contribution in [3.63, 3.8) is 0 Å². The van der Waals surface area contributed by atoms with Crippen molar-refractivity contribution in [2.75, 3.05) is 12.5 Å². The minimum Gasteiger partial charge on any atom is -0.493 e. The number of nitrogens with one attached hydrogen (secondary N) is 1. The van der Waals surface area contributed by atoms with Gasteiger partial charge in [-0.2, -0.15) is 5.10 Å². The molecule has 0 fully saturated rings. The van der Waals surface area contributed by atoms with E-state index in [1.54, 1.807) is 24.3 Å². The molecule has 164 valence electrons. The van der Waals surface area contributed by atoms with Crippen molar-refractivity contribution >= 4 is 46.0 Å². The molecule has 3 rings (SSSR count). The van der Waals surface area contributed by atoms with Gasteiger partial charge in [-0.05, 0) is 64.0 Å².